The molecular formula is C28H28Cl4N2O3. The van der Waals surface area contributed by atoms with Gasteiger partial charge in [-0.2, -0.15) is 0 Å². The molecule has 0 fully saturated rings. The van der Waals surface area contributed by atoms with Crippen molar-refractivity contribution >= 4 is 58.2 Å². The van der Waals surface area contributed by atoms with E-state index in [1.807, 2.05) is 37.3 Å². The Morgan fingerprint density at radius 3 is 2.24 bits per heavy atom. The summed E-state index contributed by atoms with van der Waals surface area (Å²) in [5.74, 6) is -0.334. The summed E-state index contributed by atoms with van der Waals surface area (Å²) in [4.78, 5) is 28.5. The molecule has 3 aromatic carbocycles. The number of halogens is 4. The van der Waals surface area contributed by atoms with Gasteiger partial charge in [0.15, 0.2) is 6.61 Å². The normalized spacial score (nSPS) is 11.6. The lowest BCUT2D eigenvalue weighted by molar-refractivity contribution is -0.142. The number of rotatable bonds is 12. The highest BCUT2D eigenvalue weighted by Crippen LogP contribution is 2.28. The molecule has 0 aliphatic rings. The van der Waals surface area contributed by atoms with Gasteiger partial charge in [-0.05, 0) is 47.9 Å². The Hall–Kier alpha value is -2.44. The van der Waals surface area contributed by atoms with Crippen LogP contribution in [-0.2, 0) is 22.6 Å². The molecule has 0 spiro atoms. The van der Waals surface area contributed by atoms with Crippen LogP contribution in [0.3, 0.4) is 0 Å². The lowest BCUT2D eigenvalue weighted by atomic mass is 10.0. The number of benzene rings is 3. The van der Waals surface area contributed by atoms with Crippen LogP contribution < -0.4 is 10.1 Å². The van der Waals surface area contributed by atoms with Crippen LogP contribution in [0.25, 0.3) is 0 Å². The SMILES string of the molecule is CCCCNC(=O)[C@@H](Cc1ccccc1)N(Cc1ccc(Cl)cc1Cl)C(=O)COc1ccc(Cl)cc1Cl. The fraction of sp³-hybridized carbons (Fsp3) is 0.286. The molecule has 0 aliphatic heterocycles. The van der Waals surface area contributed by atoms with Crippen molar-refractivity contribution in [1.82, 2.24) is 10.2 Å². The first kappa shape index (κ1) is 29.1. The van der Waals surface area contributed by atoms with E-state index < -0.39 is 11.9 Å². The number of nitrogens with one attached hydrogen (secondary N) is 1. The first-order valence-electron chi connectivity index (χ1n) is 11.9. The van der Waals surface area contributed by atoms with E-state index in [9.17, 15) is 9.59 Å². The number of nitrogens with zero attached hydrogens (tertiary/aromatic N) is 1. The minimum Gasteiger partial charge on any atom is -0.482 e. The van der Waals surface area contributed by atoms with E-state index in [1.54, 1.807) is 30.3 Å². The summed E-state index contributed by atoms with van der Waals surface area (Å²) in [6.45, 7) is 2.32. The quantitative estimate of drug-likeness (QED) is 0.229. The average molecular weight is 582 g/mol. The third-order valence-electron chi connectivity index (χ3n) is 5.70. The van der Waals surface area contributed by atoms with Gasteiger partial charge in [-0.15, -0.1) is 0 Å². The number of carbonyl (C=O) groups is 2. The summed E-state index contributed by atoms with van der Waals surface area (Å²) in [5, 5.41) is 4.59. The van der Waals surface area contributed by atoms with E-state index in [0.717, 1.165) is 18.4 Å². The van der Waals surface area contributed by atoms with E-state index in [1.165, 1.54) is 11.0 Å². The predicted octanol–water partition coefficient (Wildman–Crippen LogP) is 7.24. The molecule has 0 aliphatic carbocycles. The Kier molecular flexibility index (Phi) is 11.4. The van der Waals surface area contributed by atoms with E-state index in [2.05, 4.69) is 5.32 Å². The van der Waals surface area contributed by atoms with Gasteiger partial charge in [0.1, 0.15) is 11.8 Å². The minimum atomic E-state index is -0.803. The smallest absolute Gasteiger partial charge is 0.261 e. The summed E-state index contributed by atoms with van der Waals surface area (Å²) in [5.41, 5.74) is 1.57. The van der Waals surface area contributed by atoms with Gasteiger partial charge in [0.2, 0.25) is 5.91 Å². The first-order valence-corrected chi connectivity index (χ1v) is 13.4. The number of hydrogen-bond donors (Lipinski definition) is 1. The van der Waals surface area contributed by atoms with Crippen molar-refractivity contribution in [2.24, 2.45) is 0 Å². The summed E-state index contributed by atoms with van der Waals surface area (Å²) < 4.78 is 5.73. The zero-order valence-corrected chi connectivity index (χ0v) is 23.4. The van der Waals surface area contributed by atoms with Crippen LogP contribution >= 0.6 is 46.4 Å². The van der Waals surface area contributed by atoms with Gasteiger partial charge in [0, 0.05) is 34.6 Å². The fourth-order valence-electron chi connectivity index (χ4n) is 3.71. The molecular weight excluding hydrogens is 554 g/mol. The fourth-order valence-corrected chi connectivity index (χ4v) is 4.64. The van der Waals surface area contributed by atoms with E-state index in [4.69, 9.17) is 51.1 Å². The Labute approximate surface area is 237 Å². The highest BCUT2D eigenvalue weighted by atomic mass is 35.5. The van der Waals surface area contributed by atoms with Crippen LogP contribution in [0.4, 0.5) is 0 Å². The van der Waals surface area contributed by atoms with Crippen molar-refractivity contribution in [1.29, 1.82) is 0 Å². The minimum absolute atomic E-state index is 0.0885. The molecule has 3 aromatic rings. The van der Waals surface area contributed by atoms with Gasteiger partial charge in [0.25, 0.3) is 5.91 Å². The van der Waals surface area contributed by atoms with E-state index in [-0.39, 0.29) is 24.1 Å². The molecule has 3 rings (SSSR count). The van der Waals surface area contributed by atoms with Gasteiger partial charge >= 0.3 is 0 Å². The molecule has 1 N–H and O–H groups in total. The second kappa shape index (κ2) is 14.5. The molecule has 0 saturated carbocycles. The molecule has 9 heteroatoms. The average Bonchev–Trinajstić information content (AvgIpc) is 2.87. The van der Waals surface area contributed by atoms with Crippen molar-refractivity contribution in [3.8, 4) is 5.75 Å². The number of amides is 2. The van der Waals surface area contributed by atoms with Gasteiger partial charge in [-0.25, -0.2) is 0 Å². The van der Waals surface area contributed by atoms with Crippen LogP contribution in [0.15, 0.2) is 66.7 Å². The Bertz CT molecular complexity index is 1210. The van der Waals surface area contributed by atoms with Crippen molar-refractivity contribution in [3.05, 3.63) is 97.9 Å². The summed E-state index contributed by atoms with van der Waals surface area (Å²) in [6, 6.07) is 18.6. The van der Waals surface area contributed by atoms with Crippen LogP contribution in [-0.4, -0.2) is 35.9 Å². The molecule has 0 bridgehead atoms. The topological polar surface area (TPSA) is 58.6 Å². The Balaban J connectivity index is 1.92. The maximum atomic E-state index is 13.6. The molecule has 0 heterocycles. The first-order chi connectivity index (χ1) is 17.8. The van der Waals surface area contributed by atoms with E-state index >= 15 is 0 Å². The van der Waals surface area contributed by atoms with Gasteiger partial charge in [0.05, 0.1) is 5.02 Å². The maximum absolute atomic E-state index is 13.6. The van der Waals surface area contributed by atoms with Gasteiger partial charge in [-0.3, -0.25) is 9.59 Å². The number of hydrogen-bond acceptors (Lipinski definition) is 3. The van der Waals surface area contributed by atoms with Crippen LogP contribution in [0.1, 0.15) is 30.9 Å². The summed E-state index contributed by atoms with van der Waals surface area (Å²) >= 11 is 24.7. The number of unbranched alkanes of at least 4 members (excludes halogenated alkanes) is 1. The van der Waals surface area contributed by atoms with Gasteiger partial charge in [-0.1, -0.05) is 96.1 Å². The largest absolute Gasteiger partial charge is 0.482 e. The lowest BCUT2D eigenvalue weighted by Crippen LogP contribution is -2.51. The zero-order chi connectivity index (χ0) is 26.8. The molecule has 2 amide bonds. The van der Waals surface area contributed by atoms with Crippen LogP contribution in [0.2, 0.25) is 20.1 Å². The monoisotopic (exact) mass is 580 g/mol. The van der Waals surface area contributed by atoms with Crippen molar-refractivity contribution < 1.29 is 14.3 Å². The highest BCUT2D eigenvalue weighted by molar-refractivity contribution is 6.35. The Morgan fingerprint density at radius 1 is 0.919 bits per heavy atom. The Morgan fingerprint density at radius 2 is 1.59 bits per heavy atom. The number of carbonyl (C=O) groups excluding carboxylic acids is 2. The second-order valence-electron chi connectivity index (χ2n) is 8.47. The molecule has 5 nitrogen and oxygen atoms in total. The standard InChI is InChI=1S/C28H28Cl4N2O3/c1-2-3-13-33-28(36)25(14-19-7-5-4-6-8-19)34(17-20-9-10-21(29)15-23(20)31)27(35)18-37-26-12-11-22(30)16-24(26)32/h4-12,15-16,25H,2-3,13-14,17-18H2,1H3,(H,33,36)/t25-/m1/s1. The van der Waals surface area contributed by atoms with E-state index in [0.29, 0.717) is 39.3 Å². The zero-order valence-electron chi connectivity index (χ0n) is 20.4. The maximum Gasteiger partial charge on any atom is 0.261 e. The van der Waals surface area contributed by atoms with Crippen LogP contribution in [0.5, 0.6) is 5.75 Å². The number of ether oxygens (including phenoxy) is 1. The van der Waals surface area contributed by atoms with Crippen molar-refractivity contribution in [3.63, 3.8) is 0 Å². The third kappa shape index (κ3) is 8.82. The molecule has 1 atom stereocenters. The van der Waals surface area contributed by atoms with Gasteiger partial charge < -0.3 is 15.0 Å². The van der Waals surface area contributed by atoms with Crippen LogP contribution in [0, 0.1) is 0 Å². The third-order valence-corrected chi connectivity index (χ3v) is 6.82. The summed E-state index contributed by atoms with van der Waals surface area (Å²) in [7, 11) is 0. The molecule has 0 unspecified atom stereocenters. The van der Waals surface area contributed by atoms with Crippen molar-refractivity contribution in [2.75, 3.05) is 13.2 Å². The molecule has 0 radical (unpaired) electrons. The summed E-state index contributed by atoms with van der Waals surface area (Å²) in [6.07, 6.45) is 2.08. The highest BCUT2D eigenvalue weighted by Gasteiger charge is 2.31. The van der Waals surface area contributed by atoms with Crippen molar-refractivity contribution in [2.45, 2.75) is 38.8 Å². The molecule has 0 aromatic heterocycles. The predicted molar refractivity (Wildman–Crippen MR) is 151 cm³/mol. The molecule has 37 heavy (non-hydrogen) atoms. The lowest BCUT2D eigenvalue weighted by Gasteiger charge is -2.32. The molecule has 196 valence electrons. The molecule has 0 saturated heterocycles. The second-order valence-corrected chi connectivity index (χ2v) is 10.2.